The molecule has 1 aromatic rings. The first-order valence-electron chi connectivity index (χ1n) is 12.6. The van der Waals surface area contributed by atoms with Crippen LogP contribution in [0.3, 0.4) is 0 Å². The van der Waals surface area contributed by atoms with Gasteiger partial charge < -0.3 is 33.5 Å². The molecule has 8 heteroatoms. The van der Waals surface area contributed by atoms with E-state index >= 15 is 0 Å². The molecule has 4 fully saturated rings. The summed E-state index contributed by atoms with van der Waals surface area (Å²) in [6.07, 6.45) is 0.271. The van der Waals surface area contributed by atoms with E-state index < -0.39 is 47.8 Å². The van der Waals surface area contributed by atoms with Gasteiger partial charge in [-0.05, 0) is 59.2 Å². The van der Waals surface area contributed by atoms with Crippen molar-refractivity contribution in [2.24, 2.45) is 0 Å². The topological polar surface area (TPSA) is 78.9 Å². The smallest absolute Gasteiger partial charge is 0.190 e. The molecule has 5 rings (SSSR count). The number of rotatable bonds is 6. The summed E-state index contributed by atoms with van der Waals surface area (Å²) >= 11 is 0. The van der Waals surface area contributed by atoms with Crippen molar-refractivity contribution in [2.45, 2.75) is 101 Å². The molecule has 34 heavy (non-hydrogen) atoms. The number of likely N-dealkylation sites (tertiary alicyclic amines) is 1. The SMILES string of the molecule is CC1(C)OCC(C(O)[C@H]2O[C@@H]3OC(C)(C)O[C@@H]3[C@H]2OCc2ccccc2)(N2CCCCC2)CO1. The summed E-state index contributed by atoms with van der Waals surface area (Å²) in [5.74, 6) is -1.46. The van der Waals surface area contributed by atoms with Gasteiger partial charge in [-0.2, -0.15) is 0 Å². The molecule has 190 valence electrons. The van der Waals surface area contributed by atoms with Crippen molar-refractivity contribution in [1.82, 2.24) is 4.90 Å². The molecule has 5 atom stereocenters. The van der Waals surface area contributed by atoms with Gasteiger partial charge in [-0.3, -0.25) is 4.90 Å². The third kappa shape index (κ3) is 4.80. The van der Waals surface area contributed by atoms with Crippen LogP contribution in [0.1, 0.15) is 52.5 Å². The molecule has 4 heterocycles. The molecule has 1 N–H and O–H groups in total. The number of aliphatic hydroxyl groups is 1. The van der Waals surface area contributed by atoms with Gasteiger partial charge >= 0.3 is 0 Å². The predicted octanol–water partition coefficient (Wildman–Crippen LogP) is 2.82. The summed E-state index contributed by atoms with van der Waals surface area (Å²) in [5.41, 5.74) is 0.317. The Kier molecular flexibility index (Phi) is 6.80. The van der Waals surface area contributed by atoms with Gasteiger partial charge in [-0.25, -0.2) is 0 Å². The van der Waals surface area contributed by atoms with Crippen LogP contribution >= 0.6 is 0 Å². The van der Waals surface area contributed by atoms with E-state index in [1.165, 1.54) is 6.42 Å². The number of piperidine rings is 1. The lowest BCUT2D eigenvalue weighted by atomic mass is 9.83. The second-order valence-electron chi connectivity index (χ2n) is 10.9. The molecule has 0 bridgehead atoms. The molecule has 0 spiro atoms. The van der Waals surface area contributed by atoms with Crippen LogP contribution in [0.2, 0.25) is 0 Å². The third-order valence-electron chi connectivity index (χ3n) is 7.50. The van der Waals surface area contributed by atoms with Crippen molar-refractivity contribution in [3.8, 4) is 0 Å². The van der Waals surface area contributed by atoms with Crippen molar-refractivity contribution >= 4 is 0 Å². The van der Waals surface area contributed by atoms with Crippen LogP contribution in [0.25, 0.3) is 0 Å². The quantitative estimate of drug-likeness (QED) is 0.670. The Morgan fingerprint density at radius 3 is 2.32 bits per heavy atom. The van der Waals surface area contributed by atoms with Crippen molar-refractivity contribution in [3.63, 3.8) is 0 Å². The molecule has 0 saturated carbocycles. The zero-order valence-corrected chi connectivity index (χ0v) is 20.8. The average molecular weight is 478 g/mol. The van der Waals surface area contributed by atoms with Crippen LogP contribution in [0, 0.1) is 0 Å². The normalized spacial score (nSPS) is 35.7. The van der Waals surface area contributed by atoms with Gasteiger partial charge in [0.1, 0.15) is 24.4 Å². The Bertz CT molecular complexity index is 816. The zero-order valence-electron chi connectivity index (χ0n) is 20.8. The van der Waals surface area contributed by atoms with Crippen molar-refractivity contribution in [2.75, 3.05) is 26.3 Å². The molecule has 4 aliphatic rings. The van der Waals surface area contributed by atoms with Gasteiger partial charge in [0.2, 0.25) is 0 Å². The van der Waals surface area contributed by atoms with Crippen LogP contribution in [0.15, 0.2) is 30.3 Å². The van der Waals surface area contributed by atoms with Gasteiger partial charge in [0, 0.05) is 0 Å². The minimum Gasteiger partial charge on any atom is -0.388 e. The monoisotopic (exact) mass is 477 g/mol. The Morgan fingerprint density at radius 1 is 0.971 bits per heavy atom. The fourth-order valence-corrected chi connectivity index (χ4v) is 5.58. The minimum atomic E-state index is -0.914. The number of hydrogen-bond acceptors (Lipinski definition) is 8. The second kappa shape index (κ2) is 9.41. The lowest BCUT2D eigenvalue weighted by Gasteiger charge is -2.54. The first kappa shape index (κ1) is 24.6. The average Bonchev–Trinajstić information content (AvgIpc) is 3.30. The van der Waals surface area contributed by atoms with Crippen LogP contribution < -0.4 is 0 Å². The van der Waals surface area contributed by atoms with Crippen molar-refractivity contribution < 1.29 is 33.5 Å². The summed E-state index contributed by atoms with van der Waals surface area (Å²) < 4.78 is 37.2. The van der Waals surface area contributed by atoms with E-state index in [4.69, 9.17) is 28.4 Å². The maximum atomic E-state index is 12.0. The molecular formula is C26H39NO7. The highest BCUT2D eigenvalue weighted by atomic mass is 16.8. The number of fused-ring (bicyclic) bond motifs is 1. The summed E-state index contributed by atoms with van der Waals surface area (Å²) in [4.78, 5) is 2.33. The molecule has 0 aliphatic carbocycles. The van der Waals surface area contributed by atoms with Crippen molar-refractivity contribution in [1.29, 1.82) is 0 Å². The van der Waals surface area contributed by atoms with Gasteiger partial charge in [-0.1, -0.05) is 36.8 Å². The molecule has 0 aromatic heterocycles. The highest BCUT2D eigenvalue weighted by Gasteiger charge is 2.62. The number of aliphatic hydroxyl groups excluding tert-OH is 1. The summed E-state index contributed by atoms with van der Waals surface area (Å²) in [6, 6.07) is 10.00. The standard InChI is InChI=1S/C26H39NO7/c1-24(2)30-16-26(17-31-24,27-13-9-6-10-14-27)22(28)20-19(29-15-18-11-7-5-8-12-18)21-23(32-20)34-25(3,4)33-21/h5,7-8,11-12,19-23,28H,6,9-10,13-17H2,1-4H3/t19-,20-,21+,22?,23+/m0/s1. The van der Waals surface area contributed by atoms with Crippen LogP contribution in [0.4, 0.5) is 0 Å². The Morgan fingerprint density at radius 2 is 1.65 bits per heavy atom. The third-order valence-corrected chi connectivity index (χ3v) is 7.50. The van der Waals surface area contributed by atoms with Gasteiger partial charge in [-0.15, -0.1) is 0 Å². The first-order chi connectivity index (χ1) is 16.2. The second-order valence-corrected chi connectivity index (χ2v) is 10.9. The van der Waals surface area contributed by atoms with E-state index in [0.29, 0.717) is 19.8 Å². The maximum absolute atomic E-state index is 12.0. The summed E-state index contributed by atoms with van der Waals surface area (Å²) in [7, 11) is 0. The van der Waals surface area contributed by atoms with Gasteiger partial charge in [0.05, 0.1) is 25.4 Å². The summed E-state index contributed by atoms with van der Waals surface area (Å²) in [6.45, 7) is 10.4. The predicted molar refractivity (Wildman–Crippen MR) is 124 cm³/mol. The first-order valence-corrected chi connectivity index (χ1v) is 12.6. The molecule has 8 nitrogen and oxygen atoms in total. The molecule has 0 amide bonds. The van der Waals surface area contributed by atoms with E-state index in [-0.39, 0.29) is 0 Å². The Hall–Kier alpha value is -1.10. The Balaban J connectivity index is 1.41. The van der Waals surface area contributed by atoms with E-state index in [0.717, 1.165) is 31.5 Å². The van der Waals surface area contributed by atoms with Gasteiger partial charge in [0.15, 0.2) is 17.9 Å². The highest BCUT2D eigenvalue weighted by molar-refractivity contribution is 5.14. The van der Waals surface area contributed by atoms with Gasteiger partial charge in [0.25, 0.3) is 0 Å². The number of ether oxygens (including phenoxy) is 6. The van der Waals surface area contributed by atoms with Crippen molar-refractivity contribution in [3.05, 3.63) is 35.9 Å². The molecule has 1 unspecified atom stereocenters. The fourth-order valence-electron chi connectivity index (χ4n) is 5.58. The minimum absolute atomic E-state index is 0.356. The van der Waals surface area contributed by atoms with E-state index in [1.807, 2.05) is 58.0 Å². The maximum Gasteiger partial charge on any atom is 0.190 e. The molecule has 0 radical (unpaired) electrons. The van der Waals surface area contributed by atoms with E-state index in [9.17, 15) is 5.11 Å². The Labute approximate surface area is 202 Å². The van der Waals surface area contributed by atoms with Crippen LogP contribution in [-0.4, -0.2) is 84.1 Å². The highest BCUT2D eigenvalue weighted by Crippen LogP contribution is 2.43. The molecule has 1 aromatic carbocycles. The summed E-state index contributed by atoms with van der Waals surface area (Å²) in [5, 5.41) is 12.0. The lowest BCUT2D eigenvalue weighted by molar-refractivity contribution is -0.315. The molecule has 4 saturated heterocycles. The van der Waals surface area contributed by atoms with E-state index in [2.05, 4.69) is 4.90 Å². The molecular weight excluding hydrogens is 438 g/mol. The fraction of sp³-hybridized carbons (Fsp3) is 0.769. The zero-order chi connectivity index (χ0) is 24.0. The number of nitrogens with zero attached hydrogens (tertiary/aromatic N) is 1. The van der Waals surface area contributed by atoms with Crippen LogP contribution in [0.5, 0.6) is 0 Å². The lowest BCUT2D eigenvalue weighted by Crippen LogP contribution is -2.71. The number of benzene rings is 1. The van der Waals surface area contributed by atoms with E-state index in [1.54, 1.807) is 0 Å². The van der Waals surface area contributed by atoms with Crippen LogP contribution in [-0.2, 0) is 35.0 Å². The number of hydrogen-bond donors (Lipinski definition) is 1. The largest absolute Gasteiger partial charge is 0.388 e. The molecule has 4 aliphatic heterocycles.